The van der Waals surface area contributed by atoms with Crippen molar-refractivity contribution in [3.8, 4) is 0 Å². The molecule has 4 nitrogen and oxygen atoms in total. The van der Waals surface area contributed by atoms with Crippen molar-refractivity contribution in [1.82, 2.24) is 5.32 Å². The van der Waals surface area contributed by atoms with Crippen LogP contribution in [0.5, 0.6) is 0 Å². The van der Waals surface area contributed by atoms with Crippen LogP contribution in [0.15, 0.2) is 0 Å². The Morgan fingerprint density at radius 2 is 1.88 bits per heavy atom. The molecule has 1 aliphatic carbocycles. The molecule has 1 N–H and O–H groups in total. The molecule has 4 heteroatoms. The van der Waals surface area contributed by atoms with E-state index in [2.05, 4.69) is 5.32 Å². The summed E-state index contributed by atoms with van der Waals surface area (Å²) in [5, 5.41) is 2.90. The van der Waals surface area contributed by atoms with E-state index in [1.807, 2.05) is 6.92 Å². The summed E-state index contributed by atoms with van der Waals surface area (Å²) in [7, 11) is 0. The molecule has 1 amide bonds. The topological polar surface area (TPSA) is 55.4 Å². The molecule has 0 aromatic rings. The first-order valence-electron chi connectivity index (χ1n) is 6.63. The van der Waals surface area contributed by atoms with Gasteiger partial charge in [0.2, 0.25) is 5.91 Å². The van der Waals surface area contributed by atoms with Gasteiger partial charge in [-0.2, -0.15) is 0 Å². The molecule has 0 unspecified atom stereocenters. The van der Waals surface area contributed by atoms with Gasteiger partial charge in [-0.1, -0.05) is 26.2 Å². The second-order valence-electron chi connectivity index (χ2n) is 4.66. The summed E-state index contributed by atoms with van der Waals surface area (Å²) in [5.74, 6) is -0.288. The van der Waals surface area contributed by atoms with E-state index in [0.29, 0.717) is 25.9 Å². The predicted molar refractivity (Wildman–Crippen MR) is 65.5 cm³/mol. The summed E-state index contributed by atoms with van der Waals surface area (Å²) in [6, 6.07) is 0. The largest absolute Gasteiger partial charge is 0.464 e. The number of unbranched alkanes of at least 4 members (excludes halogenated alkanes) is 1. The summed E-state index contributed by atoms with van der Waals surface area (Å²) in [4.78, 5) is 23.7. The maximum Gasteiger partial charge on any atom is 0.331 e. The monoisotopic (exact) mass is 241 g/mol. The molecular weight excluding hydrogens is 218 g/mol. The molecule has 0 radical (unpaired) electrons. The normalized spacial score (nSPS) is 17.8. The van der Waals surface area contributed by atoms with Crippen molar-refractivity contribution in [3.63, 3.8) is 0 Å². The molecule has 0 atom stereocenters. The molecule has 1 fully saturated rings. The molecule has 98 valence electrons. The summed E-state index contributed by atoms with van der Waals surface area (Å²) >= 11 is 0. The molecule has 1 rings (SSSR count). The lowest BCUT2D eigenvalue weighted by Gasteiger charge is -2.27. The van der Waals surface area contributed by atoms with Crippen LogP contribution in [0.4, 0.5) is 0 Å². The Balaban J connectivity index is 2.59. The Labute approximate surface area is 103 Å². The third-order valence-electron chi connectivity index (χ3n) is 3.26. The number of esters is 1. The van der Waals surface area contributed by atoms with Gasteiger partial charge < -0.3 is 10.1 Å². The van der Waals surface area contributed by atoms with Gasteiger partial charge in [-0.25, -0.2) is 4.79 Å². The quantitative estimate of drug-likeness (QED) is 0.725. The first kappa shape index (κ1) is 14.0. The summed E-state index contributed by atoms with van der Waals surface area (Å²) in [6.07, 6.45) is 5.73. The minimum absolute atomic E-state index is 0.0261. The van der Waals surface area contributed by atoms with Gasteiger partial charge >= 0.3 is 5.97 Å². The Kier molecular flexibility index (Phi) is 5.45. The number of hydrogen-bond acceptors (Lipinski definition) is 3. The van der Waals surface area contributed by atoms with Crippen molar-refractivity contribution >= 4 is 11.9 Å². The zero-order valence-corrected chi connectivity index (χ0v) is 10.9. The van der Waals surface area contributed by atoms with Crippen LogP contribution in [0.2, 0.25) is 0 Å². The number of carbonyl (C=O) groups excluding carboxylic acids is 2. The van der Waals surface area contributed by atoms with Crippen LogP contribution in [-0.2, 0) is 14.3 Å². The second-order valence-corrected chi connectivity index (χ2v) is 4.66. The minimum Gasteiger partial charge on any atom is -0.464 e. The van der Waals surface area contributed by atoms with E-state index in [0.717, 1.165) is 25.7 Å². The van der Waals surface area contributed by atoms with Crippen molar-refractivity contribution in [2.45, 2.75) is 64.3 Å². The molecule has 0 heterocycles. The minimum atomic E-state index is -0.735. The van der Waals surface area contributed by atoms with E-state index in [4.69, 9.17) is 4.74 Å². The summed E-state index contributed by atoms with van der Waals surface area (Å²) < 4.78 is 5.08. The zero-order chi connectivity index (χ0) is 12.7. The molecule has 0 aromatic carbocycles. The zero-order valence-electron chi connectivity index (χ0n) is 10.9. The Morgan fingerprint density at radius 3 is 2.41 bits per heavy atom. The number of amides is 1. The number of rotatable bonds is 6. The highest BCUT2D eigenvalue weighted by molar-refractivity contribution is 5.88. The second kappa shape index (κ2) is 6.62. The average Bonchev–Trinajstić information content (AvgIpc) is 2.76. The molecular formula is C13H23NO3. The van der Waals surface area contributed by atoms with Gasteiger partial charge in [0, 0.05) is 6.42 Å². The van der Waals surface area contributed by atoms with E-state index in [1.54, 1.807) is 6.92 Å². The Bertz CT molecular complexity index is 270. The van der Waals surface area contributed by atoms with Crippen molar-refractivity contribution in [3.05, 3.63) is 0 Å². The highest BCUT2D eigenvalue weighted by Crippen LogP contribution is 2.31. The predicted octanol–water partition coefficient (Wildman–Crippen LogP) is 2.17. The van der Waals surface area contributed by atoms with Gasteiger partial charge in [0.05, 0.1) is 6.61 Å². The SMILES string of the molecule is CCCCC(=O)NC1(C(=O)OCC)CCCC1. The Hall–Kier alpha value is -1.06. The molecule has 1 aliphatic rings. The first-order valence-corrected chi connectivity index (χ1v) is 6.63. The third kappa shape index (κ3) is 3.72. The van der Waals surface area contributed by atoms with Gasteiger partial charge in [0.25, 0.3) is 0 Å². The van der Waals surface area contributed by atoms with Crippen LogP contribution in [0.25, 0.3) is 0 Å². The maximum absolute atomic E-state index is 11.9. The molecule has 0 aliphatic heterocycles. The smallest absolute Gasteiger partial charge is 0.331 e. The lowest BCUT2D eigenvalue weighted by Crippen LogP contribution is -2.53. The van der Waals surface area contributed by atoms with Crippen LogP contribution in [-0.4, -0.2) is 24.0 Å². The third-order valence-corrected chi connectivity index (χ3v) is 3.26. The number of carbonyl (C=O) groups is 2. The fourth-order valence-corrected chi connectivity index (χ4v) is 2.29. The van der Waals surface area contributed by atoms with E-state index < -0.39 is 5.54 Å². The molecule has 0 aromatic heterocycles. The van der Waals surface area contributed by atoms with E-state index in [9.17, 15) is 9.59 Å². The standard InChI is InChI=1S/C13H23NO3/c1-3-5-8-11(15)14-13(9-6-7-10-13)12(16)17-4-2/h3-10H2,1-2H3,(H,14,15). The average molecular weight is 241 g/mol. The molecule has 0 saturated heterocycles. The Morgan fingerprint density at radius 1 is 1.24 bits per heavy atom. The summed E-state index contributed by atoms with van der Waals surface area (Å²) in [6.45, 7) is 4.20. The van der Waals surface area contributed by atoms with Crippen LogP contribution >= 0.6 is 0 Å². The highest BCUT2D eigenvalue weighted by atomic mass is 16.5. The molecule has 0 bridgehead atoms. The van der Waals surface area contributed by atoms with Crippen LogP contribution in [0.1, 0.15) is 58.8 Å². The van der Waals surface area contributed by atoms with Crippen LogP contribution < -0.4 is 5.32 Å². The lowest BCUT2D eigenvalue weighted by molar-refractivity contribution is -0.153. The maximum atomic E-state index is 11.9. The van der Waals surface area contributed by atoms with Gasteiger partial charge in [-0.05, 0) is 26.2 Å². The highest BCUT2D eigenvalue weighted by Gasteiger charge is 2.43. The summed E-state index contributed by atoms with van der Waals surface area (Å²) in [5.41, 5.74) is -0.735. The van der Waals surface area contributed by atoms with Gasteiger partial charge in [0.15, 0.2) is 0 Å². The van der Waals surface area contributed by atoms with Crippen molar-refractivity contribution in [1.29, 1.82) is 0 Å². The van der Waals surface area contributed by atoms with Gasteiger partial charge in [-0.15, -0.1) is 0 Å². The number of ether oxygens (including phenoxy) is 1. The van der Waals surface area contributed by atoms with E-state index >= 15 is 0 Å². The molecule has 0 spiro atoms. The molecule has 1 saturated carbocycles. The molecule has 17 heavy (non-hydrogen) atoms. The number of hydrogen-bond donors (Lipinski definition) is 1. The lowest BCUT2D eigenvalue weighted by atomic mass is 9.97. The van der Waals surface area contributed by atoms with Crippen LogP contribution in [0, 0.1) is 0 Å². The van der Waals surface area contributed by atoms with E-state index in [-0.39, 0.29) is 11.9 Å². The van der Waals surface area contributed by atoms with Crippen molar-refractivity contribution in [2.75, 3.05) is 6.61 Å². The van der Waals surface area contributed by atoms with Gasteiger partial charge in [-0.3, -0.25) is 4.79 Å². The van der Waals surface area contributed by atoms with Crippen molar-refractivity contribution < 1.29 is 14.3 Å². The fraction of sp³-hybridized carbons (Fsp3) is 0.846. The van der Waals surface area contributed by atoms with E-state index in [1.165, 1.54) is 0 Å². The number of nitrogens with one attached hydrogen (secondary N) is 1. The fourth-order valence-electron chi connectivity index (χ4n) is 2.29. The van der Waals surface area contributed by atoms with Gasteiger partial charge in [0.1, 0.15) is 5.54 Å². The first-order chi connectivity index (χ1) is 8.14. The van der Waals surface area contributed by atoms with Crippen LogP contribution in [0.3, 0.4) is 0 Å². The van der Waals surface area contributed by atoms with Crippen molar-refractivity contribution in [2.24, 2.45) is 0 Å².